The number of hydrogen-bond donors (Lipinski definition) is 2. The van der Waals surface area contributed by atoms with E-state index in [9.17, 15) is 4.39 Å². The molecule has 0 fully saturated rings. The number of carboxylic acid groups (broad SMARTS) is 2. The summed E-state index contributed by atoms with van der Waals surface area (Å²) in [5.41, 5.74) is 2.49. The van der Waals surface area contributed by atoms with Gasteiger partial charge in [0.25, 0.3) is 0 Å². The molecule has 0 aromatic heterocycles. The van der Waals surface area contributed by atoms with E-state index in [1.165, 1.54) is 36.1 Å². The predicted octanol–water partition coefficient (Wildman–Crippen LogP) is 3.78. The first-order chi connectivity index (χ1) is 12.4. The molecule has 0 aliphatic rings. The molecule has 2 aromatic carbocycles. The molecule has 0 amide bonds. The summed E-state index contributed by atoms with van der Waals surface area (Å²) in [5, 5.41) is 14.8. The molecule has 6 heteroatoms. The Morgan fingerprint density at radius 2 is 1.38 bits per heavy atom. The Labute approximate surface area is 152 Å². The van der Waals surface area contributed by atoms with Crippen LogP contribution in [0.4, 0.5) is 4.39 Å². The molecule has 0 saturated heterocycles. The smallest absolute Gasteiger partial charge is 0.414 e. The van der Waals surface area contributed by atoms with E-state index in [1.807, 2.05) is 18.2 Å². The van der Waals surface area contributed by atoms with Gasteiger partial charge in [-0.25, -0.2) is 14.0 Å². The number of halogens is 1. The molecule has 2 rings (SSSR count). The molecule has 2 N–H and O–H groups in total. The first-order valence-electron chi connectivity index (χ1n) is 8.39. The molecule has 0 atom stereocenters. The van der Waals surface area contributed by atoms with Crippen LogP contribution in [0.5, 0.6) is 0 Å². The van der Waals surface area contributed by atoms with Crippen molar-refractivity contribution in [1.82, 2.24) is 4.90 Å². The number of hydrogen-bond acceptors (Lipinski definition) is 3. The summed E-state index contributed by atoms with van der Waals surface area (Å²) in [6.07, 6.45) is 2.38. The van der Waals surface area contributed by atoms with E-state index < -0.39 is 11.9 Å². The van der Waals surface area contributed by atoms with E-state index in [0.29, 0.717) is 0 Å². The van der Waals surface area contributed by atoms with Gasteiger partial charge in [-0.2, -0.15) is 0 Å². The van der Waals surface area contributed by atoms with E-state index >= 15 is 0 Å². The van der Waals surface area contributed by atoms with Crippen molar-refractivity contribution in [3.05, 3.63) is 71.5 Å². The maximum Gasteiger partial charge on any atom is 0.414 e. The molecule has 0 heterocycles. The molecule has 26 heavy (non-hydrogen) atoms. The Morgan fingerprint density at radius 3 is 1.85 bits per heavy atom. The van der Waals surface area contributed by atoms with Gasteiger partial charge in [-0.15, -0.1) is 0 Å². The first kappa shape index (κ1) is 21.3. The van der Waals surface area contributed by atoms with Crippen molar-refractivity contribution >= 4 is 11.9 Å². The van der Waals surface area contributed by atoms with Crippen molar-refractivity contribution in [3.63, 3.8) is 0 Å². The third-order valence-corrected chi connectivity index (χ3v) is 3.58. The summed E-state index contributed by atoms with van der Waals surface area (Å²) in [4.78, 5) is 20.6. The van der Waals surface area contributed by atoms with Gasteiger partial charge in [0.2, 0.25) is 0 Å². The maximum absolute atomic E-state index is 13.0. The van der Waals surface area contributed by atoms with Gasteiger partial charge in [-0.05, 0) is 36.2 Å². The van der Waals surface area contributed by atoms with Crippen LogP contribution in [0.1, 0.15) is 30.9 Å². The predicted molar refractivity (Wildman–Crippen MR) is 97.1 cm³/mol. The molecular formula is C20H24FNO4. The second kappa shape index (κ2) is 11.8. The van der Waals surface area contributed by atoms with Crippen LogP contribution in [0.2, 0.25) is 0 Å². The third kappa shape index (κ3) is 8.94. The lowest BCUT2D eigenvalue weighted by Crippen LogP contribution is -2.24. The van der Waals surface area contributed by atoms with E-state index in [1.54, 1.807) is 0 Å². The van der Waals surface area contributed by atoms with Gasteiger partial charge in [0.1, 0.15) is 5.82 Å². The van der Waals surface area contributed by atoms with Crippen molar-refractivity contribution in [2.75, 3.05) is 6.54 Å². The Balaban J connectivity index is 0.000000487. The standard InChI is InChI=1S/C18H22FN.C2H2O4/c1-2-3-13-20(14-16-7-5-4-6-8-16)15-17-9-11-18(19)12-10-17;3-1(4)2(5)6/h4-12H,2-3,13-15H2,1H3;(H,3,4)(H,5,6). The fourth-order valence-corrected chi connectivity index (χ4v) is 2.29. The van der Waals surface area contributed by atoms with Crippen LogP contribution < -0.4 is 0 Å². The van der Waals surface area contributed by atoms with Gasteiger partial charge in [0, 0.05) is 13.1 Å². The van der Waals surface area contributed by atoms with Crippen molar-refractivity contribution in [1.29, 1.82) is 0 Å². The number of unbranched alkanes of at least 4 members (excludes halogenated alkanes) is 1. The summed E-state index contributed by atoms with van der Waals surface area (Å²) >= 11 is 0. The van der Waals surface area contributed by atoms with Crippen LogP contribution in [0, 0.1) is 5.82 Å². The normalized spacial score (nSPS) is 10.1. The van der Waals surface area contributed by atoms with Crippen molar-refractivity contribution in [3.8, 4) is 0 Å². The third-order valence-electron chi connectivity index (χ3n) is 3.58. The van der Waals surface area contributed by atoms with Gasteiger partial charge >= 0.3 is 11.9 Å². The van der Waals surface area contributed by atoms with Gasteiger partial charge in [0.05, 0.1) is 0 Å². The molecule has 0 bridgehead atoms. The molecule has 0 saturated carbocycles. The van der Waals surface area contributed by atoms with Crippen molar-refractivity contribution < 1.29 is 24.2 Å². The minimum absolute atomic E-state index is 0.170. The van der Waals surface area contributed by atoms with Crippen LogP contribution in [0.3, 0.4) is 0 Å². The van der Waals surface area contributed by atoms with Gasteiger partial charge in [0.15, 0.2) is 0 Å². The number of rotatable bonds is 7. The molecule has 0 aliphatic heterocycles. The zero-order valence-corrected chi connectivity index (χ0v) is 14.8. The Morgan fingerprint density at radius 1 is 0.885 bits per heavy atom. The number of nitrogens with zero attached hydrogens (tertiary/aromatic N) is 1. The van der Waals surface area contributed by atoms with Gasteiger partial charge < -0.3 is 10.2 Å². The summed E-state index contributed by atoms with van der Waals surface area (Å²) in [7, 11) is 0. The lowest BCUT2D eigenvalue weighted by atomic mass is 10.1. The molecule has 0 unspecified atom stereocenters. The van der Waals surface area contributed by atoms with Gasteiger partial charge in [-0.3, -0.25) is 4.90 Å². The monoisotopic (exact) mass is 361 g/mol. The molecule has 0 aliphatic carbocycles. The topological polar surface area (TPSA) is 77.8 Å². The summed E-state index contributed by atoms with van der Waals surface area (Å²) in [5.74, 6) is -3.82. The van der Waals surface area contributed by atoms with Crippen LogP contribution in [-0.2, 0) is 22.7 Å². The highest BCUT2D eigenvalue weighted by Crippen LogP contribution is 2.12. The second-order valence-corrected chi connectivity index (χ2v) is 5.79. The summed E-state index contributed by atoms with van der Waals surface area (Å²) < 4.78 is 13.0. The van der Waals surface area contributed by atoms with Crippen molar-refractivity contribution in [2.24, 2.45) is 0 Å². The van der Waals surface area contributed by atoms with E-state index in [-0.39, 0.29) is 5.82 Å². The number of benzene rings is 2. The fourth-order valence-electron chi connectivity index (χ4n) is 2.29. The van der Waals surface area contributed by atoms with E-state index in [0.717, 1.165) is 19.6 Å². The average molecular weight is 361 g/mol. The van der Waals surface area contributed by atoms with Crippen LogP contribution in [0.25, 0.3) is 0 Å². The minimum atomic E-state index is -1.82. The SMILES string of the molecule is CCCCN(Cc1ccccc1)Cc1ccc(F)cc1.O=C(O)C(=O)O. The number of aliphatic carboxylic acids is 2. The molecule has 5 nitrogen and oxygen atoms in total. The van der Waals surface area contributed by atoms with Crippen LogP contribution >= 0.6 is 0 Å². The van der Waals surface area contributed by atoms with Gasteiger partial charge in [-0.1, -0.05) is 55.8 Å². The Bertz CT molecular complexity index is 662. The molecule has 0 spiro atoms. The highest BCUT2D eigenvalue weighted by atomic mass is 19.1. The summed E-state index contributed by atoms with van der Waals surface area (Å²) in [6, 6.07) is 17.3. The molecular weight excluding hydrogens is 337 g/mol. The van der Waals surface area contributed by atoms with E-state index in [2.05, 4.69) is 36.1 Å². The zero-order chi connectivity index (χ0) is 19.4. The van der Waals surface area contributed by atoms with Crippen LogP contribution in [0.15, 0.2) is 54.6 Å². The highest BCUT2D eigenvalue weighted by Gasteiger charge is 2.07. The lowest BCUT2D eigenvalue weighted by molar-refractivity contribution is -0.159. The molecule has 140 valence electrons. The van der Waals surface area contributed by atoms with E-state index in [4.69, 9.17) is 19.8 Å². The molecule has 0 radical (unpaired) electrons. The Kier molecular flexibility index (Phi) is 9.64. The maximum atomic E-state index is 13.0. The highest BCUT2D eigenvalue weighted by molar-refractivity contribution is 6.27. The number of carboxylic acids is 2. The van der Waals surface area contributed by atoms with Crippen LogP contribution in [-0.4, -0.2) is 33.6 Å². The molecule has 2 aromatic rings. The first-order valence-corrected chi connectivity index (χ1v) is 8.39. The Hall–Kier alpha value is -2.73. The second-order valence-electron chi connectivity index (χ2n) is 5.79. The number of carbonyl (C=O) groups is 2. The largest absolute Gasteiger partial charge is 0.473 e. The minimum Gasteiger partial charge on any atom is -0.473 e. The lowest BCUT2D eigenvalue weighted by Gasteiger charge is -2.22. The quantitative estimate of drug-likeness (QED) is 0.734. The fraction of sp³-hybridized carbons (Fsp3) is 0.300. The summed E-state index contributed by atoms with van der Waals surface area (Å²) in [6.45, 7) is 5.09. The average Bonchev–Trinajstić information content (AvgIpc) is 2.63. The zero-order valence-electron chi connectivity index (χ0n) is 14.8. The van der Waals surface area contributed by atoms with Crippen molar-refractivity contribution in [2.45, 2.75) is 32.9 Å².